The maximum Gasteiger partial charge on any atom is 0.340 e. The van der Waals surface area contributed by atoms with Gasteiger partial charge in [-0.3, -0.25) is 13.9 Å². The molecule has 17 nitrogen and oxygen atoms in total. The first-order chi connectivity index (χ1) is 26.5. The molecule has 4 aliphatic rings. The molecule has 0 atom stereocenters. The molecule has 9 rings (SSSR count). The van der Waals surface area contributed by atoms with E-state index >= 15 is 0 Å². The summed E-state index contributed by atoms with van der Waals surface area (Å²) in [5, 5.41) is 14.4. The molecule has 2 N–H and O–H groups in total. The molecule has 0 radical (unpaired) electrons. The maximum absolute atomic E-state index is 13.2. The number of hydrogen-bond donors (Lipinski definition) is 2. The van der Waals surface area contributed by atoms with Crippen LogP contribution in [0.15, 0.2) is 103 Å². The highest BCUT2D eigenvalue weighted by molar-refractivity contribution is 6.07. The third-order valence-electron chi connectivity index (χ3n) is 7.76. The van der Waals surface area contributed by atoms with Crippen LogP contribution in [0.25, 0.3) is 17.7 Å². The van der Waals surface area contributed by atoms with E-state index in [1.54, 1.807) is 94.9 Å². The van der Waals surface area contributed by atoms with Gasteiger partial charge in [-0.2, -0.15) is 0 Å². The minimum Gasteiger partial charge on any atom is -0.494 e. The Hall–Kier alpha value is -7.01. The molecule has 0 fully saturated rings. The number of hydrogen-bond acceptors (Lipinski definition) is 14. The van der Waals surface area contributed by atoms with Crippen LogP contribution in [0.2, 0.25) is 0 Å². The second-order valence-corrected chi connectivity index (χ2v) is 11.4. The second-order valence-electron chi connectivity index (χ2n) is 11.4. The van der Waals surface area contributed by atoms with E-state index in [-0.39, 0.29) is 43.4 Å². The Morgan fingerprint density at radius 2 is 1.48 bits per heavy atom. The molecule has 0 spiro atoms. The van der Waals surface area contributed by atoms with Gasteiger partial charge < -0.3 is 29.0 Å². The molecule has 7 heterocycles. The zero-order chi connectivity index (χ0) is 37.5. The molecule has 5 aromatic rings. The third kappa shape index (κ3) is 9.86. The van der Waals surface area contributed by atoms with Crippen LogP contribution < -0.4 is 14.8 Å². The van der Waals surface area contributed by atoms with Crippen molar-refractivity contribution in [2.24, 2.45) is 5.11 Å². The number of carbonyl (C=O) groups is 3. The summed E-state index contributed by atoms with van der Waals surface area (Å²) in [5.74, 6) is -0.107. The molecular formula is C37H35N9O8. The van der Waals surface area contributed by atoms with Crippen molar-refractivity contribution in [3.8, 4) is 17.3 Å². The average Bonchev–Trinajstić information content (AvgIpc) is 3.93. The van der Waals surface area contributed by atoms with Crippen LogP contribution in [0.3, 0.4) is 0 Å². The predicted molar refractivity (Wildman–Crippen MR) is 192 cm³/mol. The Bertz CT molecular complexity index is 2120. The number of carbonyl (C=O) groups excluding carboxylic acids is 3. The lowest BCUT2D eigenvalue weighted by Crippen LogP contribution is -2.19. The summed E-state index contributed by atoms with van der Waals surface area (Å²) < 4.78 is 31.6. The zero-order valence-electron chi connectivity index (χ0n) is 28.9. The van der Waals surface area contributed by atoms with Gasteiger partial charge in [0.15, 0.2) is 17.3 Å². The van der Waals surface area contributed by atoms with E-state index < -0.39 is 17.8 Å². The van der Waals surface area contributed by atoms with Crippen molar-refractivity contribution in [1.29, 1.82) is 5.53 Å². The van der Waals surface area contributed by atoms with Crippen LogP contribution in [0.5, 0.6) is 11.5 Å². The number of nitrogens with zero attached hydrogens (tertiary/aromatic N) is 7. The van der Waals surface area contributed by atoms with Gasteiger partial charge in [0.25, 0.3) is 5.91 Å². The number of allylic oxidation sites excluding steroid dienone is 2. The van der Waals surface area contributed by atoms with E-state index in [1.165, 1.54) is 18.5 Å². The highest BCUT2D eigenvalue weighted by Gasteiger charge is 2.19. The van der Waals surface area contributed by atoms with E-state index in [0.717, 1.165) is 0 Å². The van der Waals surface area contributed by atoms with Gasteiger partial charge in [-0.25, -0.2) is 25.1 Å². The molecule has 0 aliphatic carbocycles. The Morgan fingerprint density at radius 3 is 2.15 bits per heavy atom. The molecule has 54 heavy (non-hydrogen) atoms. The Morgan fingerprint density at radius 1 is 0.778 bits per heavy atom. The lowest BCUT2D eigenvalue weighted by Gasteiger charge is -2.14. The summed E-state index contributed by atoms with van der Waals surface area (Å²) in [4.78, 5) is 47.3. The molecule has 0 saturated heterocycles. The molecule has 3 aromatic heterocycles. The van der Waals surface area contributed by atoms with Gasteiger partial charge >= 0.3 is 11.9 Å². The van der Waals surface area contributed by atoms with E-state index in [2.05, 4.69) is 30.6 Å². The van der Waals surface area contributed by atoms with Crippen LogP contribution in [0, 0.1) is 5.53 Å². The van der Waals surface area contributed by atoms with E-state index in [4.69, 9.17) is 29.2 Å². The van der Waals surface area contributed by atoms with Gasteiger partial charge in [0.1, 0.15) is 37.4 Å². The first kappa shape index (κ1) is 36.8. The SMILES string of the molecule is N=N/C(=C\C=C\c1cc2ccc1C(=O)OCCOCCOC(=O)c1ccc(cc1NC(=O)c1ccc(-n3ccnc3)nn1)OCCCCO2)n1ccnc1. The Labute approximate surface area is 308 Å². The lowest BCUT2D eigenvalue weighted by atomic mass is 10.1. The molecule has 1 amide bonds. The summed E-state index contributed by atoms with van der Waals surface area (Å²) in [5.41, 5.74) is 8.59. The molecule has 276 valence electrons. The Kier molecular flexibility index (Phi) is 12.6. The lowest BCUT2D eigenvalue weighted by molar-refractivity contribution is 0.0151. The molecule has 2 aromatic carbocycles. The highest BCUT2D eigenvalue weighted by atomic mass is 16.6. The van der Waals surface area contributed by atoms with E-state index in [1.807, 2.05) is 0 Å². The van der Waals surface area contributed by atoms with Gasteiger partial charge in [0.2, 0.25) is 0 Å². The van der Waals surface area contributed by atoms with Crippen molar-refractivity contribution in [2.75, 3.05) is 45.0 Å². The Balaban J connectivity index is 1.14. The number of benzene rings is 2. The minimum absolute atomic E-state index is 0.0249. The standard InChI is InChI=1S/C37H35N9O8/c38-42-33(45-14-12-39-24-45)5-3-4-26-22-27-6-8-29(26)36(48)53-20-18-50-19-21-54-37(49)30-9-7-28(52-17-2-1-16-51-27)23-32(30)41-35(47)31-10-11-34(44-43-31)46-15-13-40-25-46/h3-15,22-25,38H,1-2,16-21H2,(H,41,47)/b4-3+,33-5+,42-38?. The maximum atomic E-state index is 13.2. The first-order valence-electron chi connectivity index (χ1n) is 16.8. The quantitative estimate of drug-likeness (QED) is 0.125. The highest BCUT2D eigenvalue weighted by Crippen LogP contribution is 2.25. The van der Waals surface area contributed by atoms with E-state index in [9.17, 15) is 14.4 Å². The summed E-state index contributed by atoms with van der Waals surface area (Å²) in [6.07, 6.45) is 15.8. The predicted octanol–water partition coefficient (Wildman–Crippen LogP) is 5.24. The van der Waals surface area contributed by atoms with Crippen LogP contribution in [-0.4, -0.2) is 86.8 Å². The molecule has 0 unspecified atom stereocenters. The van der Waals surface area contributed by atoms with Crippen molar-refractivity contribution in [2.45, 2.75) is 12.8 Å². The first-order valence-corrected chi connectivity index (χ1v) is 16.8. The summed E-state index contributed by atoms with van der Waals surface area (Å²) in [6, 6.07) is 12.8. The fourth-order valence-electron chi connectivity index (χ4n) is 5.06. The average molecular weight is 734 g/mol. The molecule has 17 heteroatoms. The van der Waals surface area contributed by atoms with E-state index in [0.29, 0.717) is 60.3 Å². The second kappa shape index (κ2) is 18.5. The molecule has 0 saturated carbocycles. The van der Waals surface area contributed by atoms with Gasteiger partial charge in [-0.1, -0.05) is 12.2 Å². The smallest absolute Gasteiger partial charge is 0.340 e. The summed E-state index contributed by atoms with van der Waals surface area (Å²) in [7, 11) is 0. The molecule has 4 aliphatic heterocycles. The normalized spacial score (nSPS) is 14.9. The zero-order valence-corrected chi connectivity index (χ0v) is 28.9. The number of nitrogens with one attached hydrogen (secondary N) is 2. The summed E-state index contributed by atoms with van der Waals surface area (Å²) in [6.45, 7) is 0.603. The number of esters is 2. The number of aromatic nitrogens is 6. The number of rotatable bonds is 7. The van der Waals surface area contributed by atoms with Crippen LogP contribution in [0.4, 0.5) is 5.69 Å². The van der Waals surface area contributed by atoms with Crippen molar-refractivity contribution in [3.63, 3.8) is 0 Å². The number of anilines is 1. The third-order valence-corrected chi connectivity index (χ3v) is 7.76. The topological polar surface area (TPSA) is 207 Å². The monoisotopic (exact) mass is 733 g/mol. The fourth-order valence-corrected chi connectivity index (χ4v) is 5.06. The summed E-state index contributed by atoms with van der Waals surface area (Å²) >= 11 is 0. The largest absolute Gasteiger partial charge is 0.494 e. The van der Waals surface area contributed by atoms with Crippen LogP contribution in [0.1, 0.15) is 49.6 Å². The minimum atomic E-state index is -0.698. The number of imidazole rings is 2. The fraction of sp³-hybridized carbons (Fsp3) is 0.216. The van der Waals surface area contributed by atoms with Crippen molar-refractivity contribution in [1.82, 2.24) is 29.3 Å². The number of amides is 1. The van der Waals surface area contributed by atoms with Gasteiger partial charge in [-0.05, 0) is 66.9 Å². The van der Waals surface area contributed by atoms with Crippen molar-refractivity contribution in [3.05, 3.63) is 121 Å². The van der Waals surface area contributed by atoms with Crippen molar-refractivity contribution >= 4 is 35.4 Å². The molecule has 4 bridgehead atoms. The van der Waals surface area contributed by atoms with Crippen LogP contribution in [-0.2, 0) is 14.2 Å². The van der Waals surface area contributed by atoms with Gasteiger partial charge in [0.05, 0.1) is 43.2 Å². The van der Waals surface area contributed by atoms with Crippen molar-refractivity contribution < 1.29 is 38.1 Å². The van der Waals surface area contributed by atoms with Gasteiger partial charge in [0, 0.05) is 30.9 Å². The number of ether oxygens (including phenoxy) is 5. The molecular weight excluding hydrogens is 698 g/mol. The van der Waals surface area contributed by atoms with Crippen LogP contribution >= 0.6 is 0 Å². The van der Waals surface area contributed by atoms with Gasteiger partial charge in [-0.15, -0.1) is 15.3 Å².